The first-order chi connectivity index (χ1) is 11.3. The highest BCUT2D eigenvalue weighted by molar-refractivity contribution is 5.83. The average molecular weight is 319 g/mol. The van der Waals surface area contributed by atoms with Crippen LogP contribution in [0, 0.1) is 5.92 Å². The molecular weight excluding hydrogens is 286 g/mol. The fraction of sp³-hybridized carbons (Fsp3) is 0.850. The van der Waals surface area contributed by atoms with Crippen LogP contribution in [0.1, 0.15) is 78.1 Å². The molecular formula is C20H33NO2. The van der Waals surface area contributed by atoms with Gasteiger partial charge in [-0.1, -0.05) is 45.1 Å². The molecule has 1 aliphatic carbocycles. The molecule has 2 atom stereocenters. The molecule has 1 saturated carbocycles. The second kappa shape index (κ2) is 7.94. The van der Waals surface area contributed by atoms with Gasteiger partial charge in [0.15, 0.2) is 5.79 Å². The van der Waals surface area contributed by atoms with Gasteiger partial charge in [-0.15, -0.1) is 0 Å². The van der Waals surface area contributed by atoms with Crippen molar-refractivity contribution in [3.8, 4) is 0 Å². The highest BCUT2D eigenvalue weighted by Crippen LogP contribution is 2.42. The minimum atomic E-state index is -0.250. The van der Waals surface area contributed by atoms with E-state index in [1.807, 2.05) is 0 Å². The third-order valence-electron chi connectivity index (χ3n) is 5.83. The standard InChI is InChI=1S/C20H33NO2/c1-3-5-7-17-18(15-21-19(17)8-6-4-2)16-9-11-20(12-10-16)22-13-14-23-20/h15,17,19H,3-14H2,1-2H3. The first kappa shape index (κ1) is 17.2. The number of nitrogens with zero attached hydrogens (tertiary/aromatic N) is 1. The van der Waals surface area contributed by atoms with Gasteiger partial charge in [-0.2, -0.15) is 0 Å². The first-order valence-electron chi connectivity index (χ1n) is 9.81. The van der Waals surface area contributed by atoms with Crippen molar-refractivity contribution in [1.29, 1.82) is 0 Å². The maximum absolute atomic E-state index is 5.88. The van der Waals surface area contributed by atoms with Crippen LogP contribution in [-0.4, -0.2) is 31.3 Å². The zero-order chi connectivity index (χ0) is 16.1. The molecule has 0 amide bonds. The van der Waals surface area contributed by atoms with E-state index < -0.39 is 0 Å². The lowest BCUT2D eigenvalue weighted by Crippen LogP contribution is -2.33. The Morgan fingerprint density at radius 3 is 2.35 bits per heavy atom. The summed E-state index contributed by atoms with van der Waals surface area (Å²) in [5.74, 6) is 0.427. The Balaban J connectivity index is 1.68. The zero-order valence-electron chi connectivity index (χ0n) is 15.0. The molecule has 0 aromatic rings. The molecule has 0 aromatic heterocycles. The summed E-state index contributed by atoms with van der Waals surface area (Å²) in [7, 11) is 0. The number of ether oxygens (including phenoxy) is 2. The second-order valence-electron chi connectivity index (χ2n) is 7.40. The molecule has 1 spiro atoms. The molecule has 130 valence electrons. The van der Waals surface area contributed by atoms with Gasteiger partial charge in [0.1, 0.15) is 0 Å². The van der Waals surface area contributed by atoms with Gasteiger partial charge >= 0.3 is 0 Å². The lowest BCUT2D eigenvalue weighted by atomic mass is 9.80. The topological polar surface area (TPSA) is 30.8 Å². The maximum Gasteiger partial charge on any atom is 0.169 e. The van der Waals surface area contributed by atoms with E-state index >= 15 is 0 Å². The Morgan fingerprint density at radius 1 is 1.04 bits per heavy atom. The molecule has 3 rings (SSSR count). The monoisotopic (exact) mass is 319 g/mol. The average Bonchev–Trinajstić information content (AvgIpc) is 3.19. The van der Waals surface area contributed by atoms with E-state index in [0.29, 0.717) is 12.0 Å². The molecule has 3 aliphatic rings. The van der Waals surface area contributed by atoms with Crippen LogP contribution in [0.3, 0.4) is 0 Å². The molecule has 0 bridgehead atoms. The number of hydrogen-bond donors (Lipinski definition) is 0. The fourth-order valence-corrected chi connectivity index (χ4v) is 4.40. The number of aliphatic imine (C=N–C) groups is 1. The van der Waals surface area contributed by atoms with Crippen LogP contribution >= 0.6 is 0 Å². The van der Waals surface area contributed by atoms with Crippen molar-refractivity contribution in [2.75, 3.05) is 13.2 Å². The van der Waals surface area contributed by atoms with Gasteiger partial charge in [-0.25, -0.2) is 0 Å². The molecule has 0 aromatic carbocycles. The van der Waals surface area contributed by atoms with Gasteiger partial charge in [-0.05, 0) is 31.3 Å². The van der Waals surface area contributed by atoms with E-state index in [2.05, 4.69) is 20.1 Å². The Labute approximate surface area is 141 Å². The van der Waals surface area contributed by atoms with Gasteiger partial charge in [0.05, 0.1) is 19.3 Å². The van der Waals surface area contributed by atoms with E-state index in [1.54, 1.807) is 11.1 Å². The van der Waals surface area contributed by atoms with Gasteiger partial charge in [-0.3, -0.25) is 4.99 Å². The van der Waals surface area contributed by atoms with E-state index in [-0.39, 0.29) is 5.79 Å². The molecule has 2 heterocycles. The summed E-state index contributed by atoms with van der Waals surface area (Å²) < 4.78 is 11.8. The molecule has 3 nitrogen and oxygen atoms in total. The summed E-state index contributed by atoms with van der Waals surface area (Å²) >= 11 is 0. The predicted molar refractivity (Wildman–Crippen MR) is 94.9 cm³/mol. The molecule has 2 fully saturated rings. The quantitative estimate of drug-likeness (QED) is 0.686. The van der Waals surface area contributed by atoms with E-state index in [0.717, 1.165) is 38.9 Å². The summed E-state index contributed by atoms with van der Waals surface area (Å²) in [5.41, 5.74) is 3.21. The van der Waals surface area contributed by atoms with Gasteiger partial charge < -0.3 is 9.47 Å². The largest absolute Gasteiger partial charge is 0.348 e. The van der Waals surface area contributed by atoms with Crippen LogP contribution in [0.25, 0.3) is 0 Å². The molecule has 23 heavy (non-hydrogen) atoms. The van der Waals surface area contributed by atoms with Crippen molar-refractivity contribution in [2.45, 2.75) is 89.9 Å². The van der Waals surface area contributed by atoms with Crippen molar-refractivity contribution in [3.63, 3.8) is 0 Å². The molecule has 2 aliphatic heterocycles. The van der Waals surface area contributed by atoms with E-state index in [4.69, 9.17) is 14.5 Å². The number of unbranched alkanes of at least 4 members (excludes halogenated alkanes) is 2. The zero-order valence-corrected chi connectivity index (χ0v) is 15.0. The van der Waals surface area contributed by atoms with Gasteiger partial charge in [0, 0.05) is 25.0 Å². The Hall–Kier alpha value is -0.670. The Bertz CT molecular complexity index is 437. The molecule has 1 saturated heterocycles. The first-order valence-corrected chi connectivity index (χ1v) is 9.81. The van der Waals surface area contributed by atoms with Gasteiger partial charge in [0.2, 0.25) is 0 Å². The minimum Gasteiger partial charge on any atom is -0.348 e. The number of allylic oxidation sites excluding steroid dienone is 1. The van der Waals surface area contributed by atoms with E-state index in [1.165, 1.54) is 38.5 Å². The Kier molecular flexibility index (Phi) is 5.92. The molecule has 0 N–H and O–H groups in total. The highest BCUT2D eigenvalue weighted by Gasteiger charge is 2.40. The molecule has 3 heteroatoms. The van der Waals surface area contributed by atoms with Crippen molar-refractivity contribution >= 4 is 6.21 Å². The normalized spacial score (nSPS) is 29.8. The summed E-state index contributed by atoms with van der Waals surface area (Å²) in [4.78, 5) is 4.91. The lowest BCUT2D eigenvalue weighted by Gasteiger charge is -2.34. The maximum atomic E-state index is 5.88. The van der Waals surface area contributed by atoms with Crippen LogP contribution in [0.5, 0.6) is 0 Å². The lowest BCUT2D eigenvalue weighted by molar-refractivity contribution is -0.171. The summed E-state index contributed by atoms with van der Waals surface area (Å²) in [6.07, 6.45) is 14.3. The fourth-order valence-electron chi connectivity index (χ4n) is 4.40. The van der Waals surface area contributed by atoms with Crippen molar-refractivity contribution < 1.29 is 9.47 Å². The summed E-state index contributed by atoms with van der Waals surface area (Å²) in [6.45, 7) is 6.11. The van der Waals surface area contributed by atoms with Crippen molar-refractivity contribution in [2.24, 2.45) is 10.9 Å². The number of rotatable bonds is 6. The third-order valence-corrected chi connectivity index (χ3v) is 5.83. The predicted octanol–water partition coefficient (Wildman–Crippen LogP) is 5.05. The number of hydrogen-bond acceptors (Lipinski definition) is 3. The summed E-state index contributed by atoms with van der Waals surface area (Å²) in [6, 6.07) is 0.541. The smallest absolute Gasteiger partial charge is 0.169 e. The summed E-state index contributed by atoms with van der Waals surface area (Å²) in [5, 5.41) is 0. The van der Waals surface area contributed by atoms with E-state index in [9.17, 15) is 0 Å². The van der Waals surface area contributed by atoms with Crippen molar-refractivity contribution in [1.82, 2.24) is 0 Å². The third kappa shape index (κ3) is 3.88. The van der Waals surface area contributed by atoms with Crippen LogP contribution in [0.2, 0.25) is 0 Å². The second-order valence-corrected chi connectivity index (χ2v) is 7.40. The SMILES string of the molecule is CCCCC1N=CC(=C2CCC3(CC2)OCCO3)C1CCCC. The van der Waals surface area contributed by atoms with Crippen LogP contribution in [-0.2, 0) is 9.47 Å². The van der Waals surface area contributed by atoms with Gasteiger partial charge in [0.25, 0.3) is 0 Å². The Morgan fingerprint density at radius 2 is 1.70 bits per heavy atom. The van der Waals surface area contributed by atoms with Crippen molar-refractivity contribution in [3.05, 3.63) is 11.1 Å². The van der Waals surface area contributed by atoms with Crippen LogP contribution in [0.15, 0.2) is 16.1 Å². The van der Waals surface area contributed by atoms with Crippen LogP contribution < -0.4 is 0 Å². The molecule has 0 radical (unpaired) electrons. The highest BCUT2D eigenvalue weighted by atomic mass is 16.7. The molecule has 2 unspecified atom stereocenters. The van der Waals surface area contributed by atoms with Crippen LogP contribution in [0.4, 0.5) is 0 Å². The minimum absolute atomic E-state index is 0.250.